The summed E-state index contributed by atoms with van der Waals surface area (Å²) < 4.78 is 19.3. The van der Waals surface area contributed by atoms with Gasteiger partial charge in [0.05, 0.1) is 6.26 Å². The van der Waals surface area contributed by atoms with Gasteiger partial charge in [0.2, 0.25) is 0 Å². The van der Waals surface area contributed by atoms with E-state index in [2.05, 4.69) is 12.2 Å². The maximum Gasteiger partial charge on any atom is 0.137 e. The molecule has 1 aromatic carbocycles. The Morgan fingerprint density at radius 2 is 2.26 bits per heavy atom. The molecule has 1 aromatic heterocycles. The lowest BCUT2D eigenvalue weighted by molar-refractivity contribution is 0.317. The second-order valence-electron chi connectivity index (χ2n) is 5.10. The van der Waals surface area contributed by atoms with E-state index in [1.54, 1.807) is 18.4 Å². The minimum Gasteiger partial charge on any atom is -0.464 e. The van der Waals surface area contributed by atoms with Crippen molar-refractivity contribution < 1.29 is 8.81 Å². The lowest BCUT2D eigenvalue weighted by Crippen LogP contribution is -2.35. The largest absolute Gasteiger partial charge is 0.464 e. The van der Waals surface area contributed by atoms with Crippen LogP contribution in [0, 0.1) is 11.7 Å². The van der Waals surface area contributed by atoms with E-state index in [1.165, 1.54) is 0 Å². The van der Waals surface area contributed by atoms with E-state index in [1.807, 2.05) is 6.07 Å². The van der Waals surface area contributed by atoms with Gasteiger partial charge in [0, 0.05) is 10.9 Å². The van der Waals surface area contributed by atoms with E-state index in [-0.39, 0.29) is 18.2 Å². The number of benzene rings is 1. The molecule has 2 heterocycles. The first-order chi connectivity index (χ1) is 8.79. The summed E-state index contributed by atoms with van der Waals surface area (Å²) in [6, 6.07) is 5.04. The van der Waals surface area contributed by atoms with Gasteiger partial charge in [0.25, 0.3) is 0 Å². The fourth-order valence-corrected chi connectivity index (χ4v) is 3.11. The summed E-state index contributed by atoms with van der Waals surface area (Å²) in [5, 5.41) is 4.29. The number of fused-ring (bicyclic) bond motifs is 1. The Bertz CT molecular complexity index is 554. The van der Waals surface area contributed by atoms with Crippen LogP contribution in [0.5, 0.6) is 0 Å². The second kappa shape index (κ2) is 5.93. The molecule has 1 fully saturated rings. The minimum atomic E-state index is -0.160. The summed E-state index contributed by atoms with van der Waals surface area (Å²) in [5.74, 6) is 0.807. The molecular formula is C15H19ClFNO. The van der Waals surface area contributed by atoms with Crippen molar-refractivity contribution in [3.8, 4) is 0 Å². The van der Waals surface area contributed by atoms with Crippen molar-refractivity contribution in [2.24, 2.45) is 5.92 Å². The molecule has 1 aliphatic rings. The van der Waals surface area contributed by atoms with Crippen LogP contribution in [0.15, 0.2) is 28.9 Å². The predicted octanol–water partition coefficient (Wildman–Crippen LogP) is 4.10. The van der Waals surface area contributed by atoms with Crippen LogP contribution < -0.4 is 5.32 Å². The van der Waals surface area contributed by atoms with Gasteiger partial charge in [0.1, 0.15) is 11.4 Å². The molecule has 0 bridgehead atoms. The summed E-state index contributed by atoms with van der Waals surface area (Å²) in [5.41, 5.74) is 1.91. The summed E-state index contributed by atoms with van der Waals surface area (Å²) in [4.78, 5) is 0. The molecule has 1 aliphatic heterocycles. The van der Waals surface area contributed by atoms with Gasteiger partial charge in [-0.3, -0.25) is 0 Å². The molecule has 0 unspecified atom stereocenters. The number of halogens is 2. The third-order valence-corrected chi connectivity index (χ3v) is 4.08. The highest BCUT2D eigenvalue weighted by Gasteiger charge is 2.27. The molecule has 0 radical (unpaired) electrons. The van der Waals surface area contributed by atoms with Crippen LogP contribution in [-0.4, -0.2) is 13.1 Å². The van der Waals surface area contributed by atoms with Crippen LogP contribution >= 0.6 is 12.4 Å². The molecule has 2 nitrogen and oxygen atoms in total. The third kappa shape index (κ3) is 2.63. The van der Waals surface area contributed by atoms with Crippen molar-refractivity contribution in [1.82, 2.24) is 5.32 Å². The van der Waals surface area contributed by atoms with E-state index < -0.39 is 0 Å². The van der Waals surface area contributed by atoms with Gasteiger partial charge in [0.15, 0.2) is 0 Å². The molecule has 0 amide bonds. The Balaban J connectivity index is 0.00000133. The Morgan fingerprint density at radius 3 is 3.05 bits per heavy atom. The molecular weight excluding hydrogens is 265 g/mol. The van der Waals surface area contributed by atoms with Gasteiger partial charge in [-0.1, -0.05) is 13.3 Å². The predicted molar refractivity (Wildman–Crippen MR) is 77.4 cm³/mol. The first-order valence-corrected chi connectivity index (χ1v) is 6.67. The number of hydrogen-bond donors (Lipinski definition) is 1. The van der Waals surface area contributed by atoms with Crippen LogP contribution in [0.3, 0.4) is 0 Å². The van der Waals surface area contributed by atoms with E-state index in [9.17, 15) is 4.39 Å². The molecule has 1 saturated heterocycles. The van der Waals surface area contributed by atoms with Gasteiger partial charge in [-0.15, -0.1) is 12.4 Å². The first kappa shape index (κ1) is 14.4. The van der Waals surface area contributed by atoms with Crippen molar-refractivity contribution in [3.63, 3.8) is 0 Å². The maximum absolute atomic E-state index is 13.7. The molecule has 19 heavy (non-hydrogen) atoms. The fraction of sp³-hybridized carbons (Fsp3) is 0.467. The van der Waals surface area contributed by atoms with Crippen molar-refractivity contribution in [2.45, 2.75) is 25.7 Å². The van der Waals surface area contributed by atoms with Gasteiger partial charge in [-0.25, -0.2) is 4.39 Å². The second-order valence-corrected chi connectivity index (χ2v) is 5.10. The normalized spacial score (nSPS) is 23.3. The first-order valence-electron chi connectivity index (χ1n) is 6.67. The Labute approximate surface area is 118 Å². The Morgan fingerprint density at radius 1 is 1.42 bits per heavy atom. The van der Waals surface area contributed by atoms with Gasteiger partial charge < -0.3 is 9.73 Å². The topological polar surface area (TPSA) is 25.2 Å². The Kier molecular flexibility index (Phi) is 4.48. The van der Waals surface area contributed by atoms with Crippen LogP contribution in [-0.2, 0) is 0 Å². The van der Waals surface area contributed by atoms with Crippen LogP contribution in [0.25, 0.3) is 11.0 Å². The van der Waals surface area contributed by atoms with Gasteiger partial charge in [-0.05, 0) is 49.5 Å². The third-order valence-electron chi connectivity index (χ3n) is 4.08. The summed E-state index contributed by atoms with van der Waals surface area (Å²) in [6.45, 7) is 4.21. The van der Waals surface area contributed by atoms with E-state index >= 15 is 0 Å². The molecule has 2 aromatic rings. The van der Waals surface area contributed by atoms with Gasteiger partial charge >= 0.3 is 0 Å². The summed E-state index contributed by atoms with van der Waals surface area (Å²) in [6.07, 6.45) is 3.81. The SMILES string of the molecule is CC[C@H]1CNCC[C@H]1c1cc(F)cc2ccoc12.Cl. The summed E-state index contributed by atoms with van der Waals surface area (Å²) >= 11 is 0. The average molecular weight is 284 g/mol. The number of hydrogen-bond acceptors (Lipinski definition) is 2. The molecule has 2 atom stereocenters. The van der Waals surface area contributed by atoms with Crippen molar-refractivity contribution in [2.75, 3.05) is 13.1 Å². The quantitative estimate of drug-likeness (QED) is 0.898. The van der Waals surface area contributed by atoms with Crippen LogP contribution in [0.4, 0.5) is 4.39 Å². The highest BCUT2D eigenvalue weighted by Crippen LogP contribution is 2.37. The molecule has 3 rings (SSSR count). The van der Waals surface area contributed by atoms with Crippen molar-refractivity contribution >= 4 is 23.4 Å². The number of furan rings is 1. The average Bonchev–Trinajstić information content (AvgIpc) is 2.85. The lowest BCUT2D eigenvalue weighted by atomic mass is 9.79. The zero-order valence-corrected chi connectivity index (χ0v) is 11.8. The number of piperidine rings is 1. The fourth-order valence-electron chi connectivity index (χ4n) is 3.11. The molecule has 0 aliphatic carbocycles. The van der Waals surface area contributed by atoms with Crippen molar-refractivity contribution in [1.29, 1.82) is 0 Å². The van der Waals surface area contributed by atoms with Crippen LogP contribution in [0.1, 0.15) is 31.2 Å². The standard InChI is InChI=1S/C15H18FNO.ClH/c1-2-10-9-17-5-3-13(10)14-8-12(16)7-11-4-6-18-15(11)14;/h4,6-8,10,13,17H,2-3,5,9H2,1H3;1H/t10-,13+;/m0./s1. The van der Waals surface area contributed by atoms with Crippen molar-refractivity contribution in [3.05, 3.63) is 35.8 Å². The molecule has 4 heteroatoms. The highest BCUT2D eigenvalue weighted by molar-refractivity contribution is 5.85. The number of nitrogens with one attached hydrogen (secondary N) is 1. The smallest absolute Gasteiger partial charge is 0.137 e. The monoisotopic (exact) mass is 283 g/mol. The maximum atomic E-state index is 13.7. The van der Waals surface area contributed by atoms with E-state index in [0.717, 1.165) is 42.5 Å². The molecule has 1 N–H and O–H groups in total. The zero-order chi connectivity index (χ0) is 12.5. The van der Waals surface area contributed by atoms with Gasteiger partial charge in [-0.2, -0.15) is 0 Å². The lowest BCUT2D eigenvalue weighted by Gasteiger charge is -2.31. The van der Waals surface area contributed by atoms with E-state index in [0.29, 0.717) is 11.8 Å². The molecule has 104 valence electrons. The summed E-state index contributed by atoms with van der Waals surface area (Å²) in [7, 11) is 0. The minimum absolute atomic E-state index is 0. The van der Waals surface area contributed by atoms with E-state index in [4.69, 9.17) is 4.42 Å². The Hall–Kier alpha value is -1.06. The molecule has 0 spiro atoms. The highest BCUT2D eigenvalue weighted by atomic mass is 35.5. The number of rotatable bonds is 2. The zero-order valence-electron chi connectivity index (χ0n) is 11.0. The van der Waals surface area contributed by atoms with Crippen LogP contribution in [0.2, 0.25) is 0 Å². The molecule has 0 saturated carbocycles.